The van der Waals surface area contributed by atoms with Crippen molar-refractivity contribution in [1.82, 2.24) is 5.32 Å². The van der Waals surface area contributed by atoms with E-state index in [4.69, 9.17) is 16.3 Å². The lowest BCUT2D eigenvalue weighted by Gasteiger charge is -2.14. The molecular formula is C13H13NO4. The summed E-state index contributed by atoms with van der Waals surface area (Å²) in [6.07, 6.45) is 4.26. The molecule has 1 unspecified atom stereocenters. The van der Waals surface area contributed by atoms with Crippen molar-refractivity contribution in [2.45, 2.75) is 13.0 Å². The standard InChI is InChI=1S/C13H13NO4/c1-3-7-14-12(15)9(2)18-11-6-4-5-10(8-11)13(16)17/h1,4-6,8-9H,7H2,2H3,(H,14,15)(H,16,17). The third-order valence-corrected chi connectivity index (χ3v) is 2.13. The van der Waals surface area contributed by atoms with Crippen molar-refractivity contribution < 1.29 is 19.4 Å². The summed E-state index contributed by atoms with van der Waals surface area (Å²) < 4.78 is 5.32. The van der Waals surface area contributed by atoms with Crippen LogP contribution in [0.2, 0.25) is 0 Å². The van der Waals surface area contributed by atoms with Gasteiger partial charge in [0, 0.05) is 0 Å². The zero-order chi connectivity index (χ0) is 13.5. The number of carbonyl (C=O) groups is 2. The molecule has 1 aromatic rings. The smallest absolute Gasteiger partial charge is 0.335 e. The Hall–Kier alpha value is -2.48. The first-order chi connectivity index (χ1) is 8.54. The summed E-state index contributed by atoms with van der Waals surface area (Å²) in [4.78, 5) is 22.2. The van der Waals surface area contributed by atoms with Gasteiger partial charge in [0.05, 0.1) is 12.1 Å². The summed E-state index contributed by atoms with van der Waals surface area (Å²) in [6.45, 7) is 1.68. The zero-order valence-electron chi connectivity index (χ0n) is 9.84. The number of nitrogens with one attached hydrogen (secondary N) is 1. The van der Waals surface area contributed by atoms with Gasteiger partial charge in [0.1, 0.15) is 5.75 Å². The number of carbonyl (C=O) groups excluding carboxylic acids is 1. The molecule has 0 bridgehead atoms. The fourth-order valence-electron chi connectivity index (χ4n) is 1.24. The number of rotatable bonds is 5. The lowest BCUT2D eigenvalue weighted by atomic mass is 10.2. The molecule has 0 saturated heterocycles. The number of amides is 1. The quantitative estimate of drug-likeness (QED) is 0.758. The number of hydrogen-bond acceptors (Lipinski definition) is 3. The van der Waals surface area contributed by atoms with Crippen LogP contribution in [-0.4, -0.2) is 29.6 Å². The van der Waals surface area contributed by atoms with Gasteiger partial charge in [0.2, 0.25) is 0 Å². The van der Waals surface area contributed by atoms with Gasteiger partial charge in [-0.15, -0.1) is 6.42 Å². The predicted octanol–water partition coefficient (Wildman–Crippen LogP) is 0.901. The molecular weight excluding hydrogens is 234 g/mol. The Morgan fingerprint density at radius 2 is 2.28 bits per heavy atom. The molecule has 94 valence electrons. The maximum atomic E-state index is 11.5. The minimum absolute atomic E-state index is 0.101. The van der Waals surface area contributed by atoms with E-state index in [9.17, 15) is 9.59 Å². The Labute approximate surface area is 105 Å². The molecule has 1 atom stereocenters. The second-order valence-corrected chi connectivity index (χ2v) is 3.51. The van der Waals surface area contributed by atoms with Gasteiger partial charge in [-0.05, 0) is 25.1 Å². The van der Waals surface area contributed by atoms with E-state index in [0.29, 0.717) is 5.75 Å². The van der Waals surface area contributed by atoms with Crippen LogP contribution in [0.1, 0.15) is 17.3 Å². The Morgan fingerprint density at radius 3 is 2.89 bits per heavy atom. The van der Waals surface area contributed by atoms with Gasteiger partial charge in [0.15, 0.2) is 6.10 Å². The topological polar surface area (TPSA) is 75.6 Å². The number of benzene rings is 1. The van der Waals surface area contributed by atoms with Crippen molar-refractivity contribution >= 4 is 11.9 Å². The summed E-state index contributed by atoms with van der Waals surface area (Å²) in [7, 11) is 0. The van der Waals surface area contributed by atoms with Crippen LogP contribution in [-0.2, 0) is 4.79 Å². The van der Waals surface area contributed by atoms with Crippen molar-refractivity contribution in [3.63, 3.8) is 0 Å². The van der Waals surface area contributed by atoms with E-state index >= 15 is 0 Å². The summed E-state index contributed by atoms with van der Waals surface area (Å²) in [5.41, 5.74) is 0.101. The fraction of sp³-hybridized carbons (Fsp3) is 0.231. The molecule has 18 heavy (non-hydrogen) atoms. The lowest BCUT2D eigenvalue weighted by Crippen LogP contribution is -2.36. The number of carboxylic acids is 1. The first kappa shape index (κ1) is 13.6. The number of carboxylic acid groups (broad SMARTS) is 1. The monoisotopic (exact) mass is 247 g/mol. The van der Waals surface area contributed by atoms with E-state index in [1.165, 1.54) is 12.1 Å². The highest BCUT2D eigenvalue weighted by Crippen LogP contribution is 2.15. The Kier molecular flexibility index (Phi) is 4.76. The van der Waals surface area contributed by atoms with Gasteiger partial charge in [-0.1, -0.05) is 12.0 Å². The second kappa shape index (κ2) is 6.30. The van der Waals surface area contributed by atoms with E-state index in [1.54, 1.807) is 19.1 Å². The molecule has 0 aliphatic carbocycles. The highest BCUT2D eigenvalue weighted by atomic mass is 16.5. The molecule has 0 aliphatic heterocycles. The summed E-state index contributed by atoms with van der Waals surface area (Å²) >= 11 is 0. The Morgan fingerprint density at radius 1 is 1.56 bits per heavy atom. The van der Waals surface area contributed by atoms with Gasteiger partial charge in [-0.25, -0.2) is 4.79 Å². The van der Waals surface area contributed by atoms with Crippen LogP contribution in [0.3, 0.4) is 0 Å². The van der Waals surface area contributed by atoms with Crippen LogP contribution in [0.5, 0.6) is 5.75 Å². The molecule has 0 radical (unpaired) electrons. The first-order valence-corrected chi connectivity index (χ1v) is 5.25. The van der Waals surface area contributed by atoms with Crippen LogP contribution in [0, 0.1) is 12.3 Å². The van der Waals surface area contributed by atoms with Crippen molar-refractivity contribution in [3.05, 3.63) is 29.8 Å². The maximum Gasteiger partial charge on any atom is 0.335 e. The predicted molar refractivity (Wildman–Crippen MR) is 65.3 cm³/mol. The van der Waals surface area contributed by atoms with E-state index in [2.05, 4.69) is 11.2 Å². The van der Waals surface area contributed by atoms with Crippen LogP contribution in [0.4, 0.5) is 0 Å². The number of hydrogen-bond donors (Lipinski definition) is 2. The van der Waals surface area contributed by atoms with Gasteiger partial charge < -0.3 is 15.2 Å². The number of terminal acetylenes is 1. The molecule has 1 aromatic carbocycles. The normalized spacial score (nSPS) is 11.1. The van der Waals surface area contributed by atoms with Crippen LogP contribution in [0.25, 0.3) is 0 Å². The average Bonchev–Trinajstić information content (AvgIpc) is 2.36. The maximum absolute atomic E-state index is 11.5. The van der Waals surface area contributed by atoms with E-state index in [1.807, 2.05) is 0 Å². The third-order valence-electron chi connectivity index (χ3n) is 2.13. The largest absolute Gasteiger partial charge is 0.481 e. The molecule has 5 heteroatoms. The molecule has 5 nitrogen and oxygen atoms in total. The first-order valence-electron chi connectivity index (χ1n) is 5.25. The number of aromatic carboxylic acids is 1. The van der Waals surface area contributed by atoms with Gasteiger partial charge >= 0.3 is 5.97 Å². The molecule has 0 aliphatic rings. The lowest BCUT2D eigenvalue weighted by molar-refractivity contribution is -0.126. The highest BCUT2D eigenvalue weighted by Gasteiger charge is 2.14. The minimum atomic E-state index is -1.05. The van der Waals surface area contributed by atoms with Crippen molar-refractivity contribution in [1.29, 1.82) is 0 Å². The van der Waals surface area contributed by atoms with Crippen molar-refractivity contribution in [2.24, 2.45) is 0 Å². The Bertz CT molecular complexity index is 490. The average molecular weight is 247 g/mol. The summed E-state index contributed by atoms with van der Waals surface area (Å²) in [5, 5.41) is 11.3. The molecule has 1 rings (SSSR count). The van der Waals surface area contributed by atoms with Gasteiger partial charge in [-0.2, -0.15) is 0 Å². The molecule has 0 aromatic heterocycles. The minimum Gasteiger partial charge on any atom is -0.481 e. The highest BCUT2D eigenvalue weighted by molar-refractivity contribution is 5.88. The number of ether oxygens (including phenoxy) is 1. The second-order valence-electron chi connectivity index (χ2n) is 3.51. The Balaban J connectivity index is 2.67. The van der Waals surface area contributed by atoms with Crippen LogP contribution >= 0.6 is 0 Å². The molecule has 0 spiro atoms. The van der Waals surface area contributed by atoms with Crippen molar-refractivity contribution in [3.8, 4) is 18.1 Å². The van der Waals surface area contributed by atoms with E-state index in [-0.39, 0.29) is 18.0 Å². The SMILES string of the molecule is C#CCNC(=O)C(C)Oc1cccc(C(=O)O)c1. The molecule has 0 fully saturated rings. The van der Waals surface area contributed by atoms with Crippen molar-refractivity contribution in [2.75, 3.05) is 6.54 Å². The van der Waals surface area contributed by atoms with Gasteiger partial charge in [0.25, 0.3) is 5.91 Å². The van der Waals surface area contributed by atoms with Gasteiger partial charge in [-0.3, -0.25) is 4.79 Å². The molecule has 0 saturated carbocycles. The molecule has 0 heterocycles. The zero-order valence-corrected chi connectivity index (χ0v) is 9.84. The van der Waals surface area contributed by atoms with E-state index < -0.39 is 12.1 Å². The summed E-state index contributed by atoms with van der Waals surface area (Å²) in [6, 6.07) is 5.92. The fourth-order valence-corrected chi connectivity index (χ4v) is 1.24. The molecule has 1 amide bonds. The van der Waals surface area contributed by atoms with Crippen LogP contribution in [0.15, 0.2) is 24.3 Å². The third kappa shape index (κ3) is 3.83. The van der Waals surface area contributed by atoms with Crippen LogP contribution < -0.4 is 10.1 Å². The summed E-state index contributed by atoms with van der Waals surface area (Å²) in [5.74, 6) is 1.19. The van der Waals surface area contributed by atoms with E-state index in [0.717, 1.165) is 0 Å². The molecule has 2 N–H and O–H groups in total.